The Labute approximate surface area is 87.5 Å². The Balaban J connectivity index is 2.74. The van der Waals surface area contributed by atoms with Crippen molar-refractivity contribution < 1.29 is 9.34 Å². The molecule has 0 fully saturated rings. The molecule has 1 aromatic heterocycles. The van der Waals surface area contributed by atoms with E-state index >= 15 is 0 Å². The van der Waals surface area contributed by atoms with E-state index in [9.17, 15) is 10.1 Å². The Morgan fingerprint density at radius 1 is 1.73 bits per heavy atom. The third-order valence-corrected chi connectivity index (χ3v) is 2.35. The summed E-state index contributed by atoms with van der Waals surface area (Å²) in [4.78, 5) is 10.6. The molecule has 0 saturated carbocycles. The van der Waals surface area contributed by atoms with Gasteiger partial charge in [0.15, 0.2) is 0 Å². The van der Waals surface area contributed by atoms with E-state index in [1.165, 1.54) is 13.2 Å². The number of hydrogen-bond donors (Lipinski definition) is 0. The lowest BCUT2D eigenvalue weighted by Crippen LogP contribution is -2.37. The van der Waals surface area contributed by atoms with Crippen molar-refractivity contribution in [3.8, 4) is 6.07 Å². The van der Waals surface area contributed by atoms with Crippen LogP contribution in [0.3, 0.4) is 0 Å². The zero-order valence-corrected chi connectivity index (χ0v) is 8.47. The second kappa shape index (κ2) is 4.60. The van der Waals surface area contributed by atoms with Gasteiger partial charge in [-0.15, -0.1) is 0 Å². The van der Waals surface area contributed by atoms with Crippen LogP contribution in [0.2, 0.25) is 0 Å². The first-order valence-electron chi connectivity index (χ1n) is 4.62. The molecule has 0 aliphatic heterocycles. The molecule has 0 aliphatic carbocycles. The molecule has 0 N–H and O–H groups in total. The lowest BCUT2D eigenvalue weighted by atomic mass is 9.92. The molecule has 0 radical (unpaired) electrons. The van der Waals surface area contributed by atoms with Gasteiger partial charge in [-0.05, 0) is 12.1 Å². The molecule has 15 heavy (non-hydrogen) atoms. The normalized spacial score (nSPS) is 14.1. The third kappa shape index (κ3) is 2.81. The number of nitro groups is 1. The van der Waals surface area contributed by atoms with Gasteiger partial charge in [0, 0.05) is 24.7 Å². The van der Waals surface area contributed by atoms with Crippen LogP contribution in [0.25, 0.3) is 0 Å². The molecule has 1 atom stereocenters. The van der Waals surface area contributed by atoms with Crippen molar-refractivity contribution in [2.75, 3.05) is 0 Å². The Kier molecular flexibility index (Phi) is 3.45. The third-order valence-electron chi connectivity index (χ3n) is 2.35. The van der Waals surface area contributed by atoms with Crippen LogP contribution < -0.4 is 0 Å². The fourth-order valence-corrected chi connectivity index (χ4v) is 1.36. The predicted octanol–water partition coefficient (Wildman–Crippen LogP) is 2.16. The lowest BCUT2D eigenvalue weighted by molar-refractivity contribution is -0.566. The van der Waals surface area contributed by atoms with Gasteiger partial charge in [-0.25, -0.2) is 0 Å². The molecule has 0 spiro atoms. The summed E-state index contributed by atoms with van der Waals surface area (Å²) in [6, 6.07) is 5.32. The van der Waals surface area contributed by atoms with Gasteiger partial charge in [-0.1, -0.05) is 0 Å². The molecule has 0 bridgehead atoms. The SMILES string of the molecule is CC(CCC#N)(Cc1ccco1)[N+](=O)[O-]. The van der Waals surface area contributed by atoms with Crippen LogP contribution in [0.4, 0.5) is 0 Å². The highest BCUT2D eigenvalue weighted by molar-refractivity contribution is 5.02. The van der Waals surface area contributed by atoms with E-state index in [4.69, 9.17) is 9.68 Å². The highest BCUT2D eigenvalue weighted by Gasteiger charge is 2.37. The van der Waals surface area contributed by atoms with Crippen LogP contribution >= 0.6 is 0 Å². The average Bonchev–Trinajstić information content (AvgIpc) is 2.67. The highest BCUT2D eigenvalue weighted by atomic mass is 16.6. The van der Waals surface area contributed by atoms with Gasteiger partial charge in [0.05, 0.1) is 18.8 Å². The molecule has 0 aliphatic rings. The molecule has 0 amide bonds. The average molecular weight is 208 g/mol. The first-order chi connectivity index (χ1) is 7.08. The van der Waals surface area contributed by atoms with Crippen LogP contribution in [-0.2, 0) is 6.42 Å². The van der Waals surface area contributed by atoms with Crippen molar-refractivity contribution in [3.05, 3.63) is 34.3 Å². The van der Waals surface area contributed by atoms with E-state index in [0.717, 1.165) is 0 Å². The van der Waals surface area contributed by atoms with Gasteiger partial charge in [0.1, 0.15) is 5.76 Å². The van der Waals surface area contributed by atoms with Gasteiger partial charge in [0.2, 0.25) is 5.54 Å². The van der Waals surface area contributed by atoms with Crippen molar-refractivity contribution in [1.82, 2.24) is 0 Å². The van der Waals surface area contributed by atoms with Crippen LogP contribution in [0.1, 0.15) is 25.5 Å². The van der Waals surface area contributed by atoms with Gasteiger partial charge in [-0.3, -0.25) is 10.1 Å². The van der Waals surface area contributed by atoms with Gasteiger partial charge in [0.25, 0.3) is 0 Å². The van der Waals surface area contributed by atoms with E-state index < -0.39 is 5.54 Å². The molecule has 1 heterocycles. The maximum atomic E-state index is 10.9. The zero-order valence-electron chi connectivity index (χ0n) is 8.47. The molecular formula is C10H12N2O3. The van der Waals surface area contributed by atoms with E-state index in [2.05, 4.69) is 0 Å². The predicted molar refractivity (Wildman–Crippen MR) is 52.7 cm³/mol. The highest BCUT2D eigenvalue weighted by Crippen LogP contribution is 2.22. The van der Waals surface area contributed by atoms with Crippen molar-refractivity contribution in [1.29, 1.82) is 5.26 Å². The van der Waals surface area contributed by atoms with Gasteiger partial charge < -0.3 is 4.42 Å². The van der Waals surface area contributed by atoms with Crippen molar-refractivity contribution >= 4 is 0 Å². The zero-order chi connectivity index (χ0) is 11.3. The second-order valence-electron chi connectivity index (χ2n) is 3.67. The number of rotatable bonds is 5. The first kappa shape index (κ1) is 11.2. The molecule has 0 saturated heterocycles. The van der Waals surface area contributed by atoms with Crippen molar-refractivity contribution in [2.45, 2.75) is 31.7 Å². The maximum Gasteiger partial charge on any atom is 0.227 e. The fourth-order valence-electron chi connectivity index (χ4n) is 1.36. The van der Waals surface area contributed by atoms with Crippen LogP contribution in [0.15, 0.2) is 22.8 Å². The standard InChI is InChI=1S/C10H12N2O3/c1-10(12(13)14,5-3-6-11)8-9-4-2-7-15-9/h2,4,7H,3,5,8H2,1H3. The van der Waals surface area contributed by atoms with E-state index in [-0.39, 0.29) is 24.2 Å². The monoisotopic (exact) mass is 208 g/mol. The van der Waals surface area contributed by atoms with E-state index in [0.29, 0.717) is 5.76 Å². The van der Waals surface area contributed by atoms with Crippen molar-refractivity contribution in [3.63, 3.8) is 0 Å². The maximum absolute atomic E-state index is 10.9. The molecule has 0 aromatic carbocycles. The summed E-state index contributed by atoms with van der Waals surface area (Å²) in [7, 11) is 0. The summed E-state index contributed by atoms with van der Waals surface area (Å²) in [5, 5.41) is 19.3. The number of hydrogen-bond acceptors (Lipinski definition) is 4. The van der Waals surface area contributed by atoms with E-state index in [1.807, 2.05) is 6.07 Å². The minimum Gasteiger partial charge on any atom is -0.469 e. The van der Waals surface area contributed by atoms with Crippen LogP contribution in [0.5, 0.6) is 0 Å². The van der Waals surface area contributed by atoms with Gasteiger partial charge in [-0.2, -0.15) is 5.26 Å². The number of nitrogens with zero attached hydrogens (tertiary/aromatic N) is 2. The summed E-state index contributed by atoms with van der Waals surface area (Å²) in [5.74, 6) is 0.576. The Morgan fingerprint density at radius 3 is 2.93 bits per heavy atom. The summed E-state index contributed by atoms with van der Waals surface area (Å²) in [6.45, 7) is 1.53. The minimum absolute atomic E-state index is 0.179. The second-order valence-corrected chi connectivity index (χ2v) is 3.67. The molecule has 5 heteroatoms. The first-order valence-corrected chi connectivity index (χ1v) is 4.62. The summed E-state index contributed by atoms with van der Waals surface area (Å²) < 4.78 is 5.07. The summed E-state index contributed by atoms with van der Waals surface area (Å²) in [6.07, 6.45) is 2.12. The molecule has 80 valence electrons. The minimum atomic E-state index is -1.12. The smallest absolute Gasteiger partial charge is 0.227 e. The molecule has 1 unspecified atom stereocenters. The van der Waals surface area contributed by atoms with Crippen LogP contribution in [-0.4, -0.2) is 10.5 Å². The molecule has 1 aromatic rings. The lowest BCUT2D eigenvalue weighted by Gasteiger charge is -2.18. The number of furan rings is 1. The summed E-state index contributed by atoms with van der Waals surface area (Å²) >= 11 is 0. The molecule has 5 nitrogen and oxygen atoms in total. The fraction of sp³-hybridized carbons (Fsp3) is 0.500. The largest absolute Gasteiger partial charge is 0.469 e. The Morgan fingerprint density at radius 2 is 2.47 bits per heavy atom. The van der Waals surface area contributed by atoms with E-state index in [1.54, 1.807) is 12.1 Å². The Bertz CT molecular complexity index is 367. The van der Waals surface area contributed by atoms with Crippen LogP contribution in [0, 0.1) is 21.4 Å². The Hall–Kier alpha value is -1.83. The molecule has 1 rings (SSSR count). The van der Waals surface area contributed by atoms with Gasteiger partial charge >= 0.3 is 0 Å². The molecular weight excluding hydrogens is 196 g/mol. The quantitative estimate of drug-likeness (QED) is 0.548. The summed E-state index contributed by atoms with van der Waals surface area (Å²) in [5.41, 5.74) is -1.12. The number of nitriles is 1. The van der Waals surface area contributed by atoms with Crippen molar-refractivity contribution in [2.24, 2.45) is 0 Å². The topological polar surface area (TPSA) is 80.1 Å².